The van der Waals surface area contributed by atoms with Gasteiger partial charge < -0.3 is 15.2 Å². The first kappa shape index (κ1) is 31.8. The molecule has 1 rings (SSSR count). The smallest absolute Gasteiger partial charge is 0.290 e. The molecular formula is C24H45NO4. The Morgan fingerprint density at radius 3 is 1.86 bits per heavy atom. The Morgan fingerprint density at radius 1 is 1.07 bits per heavy atom. The summed E-state index contributed by atoms with van der Waals surface area (Å²) in [5.41, 5.74) is 1.63. The zero-order valence-electron chi connectivity index (χ0n) is 20.6. The van der Waals surface area contributed by atoms with Gasteiger partial charge in [-0.1, -0.05) is 59.2 Å². The van der Waals surface area contributed by atoms with Crippen LogP contribution in [0.5, 0.6) is 0 Å². The highest BCUT2D eigenvalue weighted by Gasteiger charge is 2.30. The Labute approximate surface area is 179 Å². The van der Waals surface area contributed by atoms with E-state index in [9.17, 15) is 4.79 Å². The lowest BCUT2D eigenvalue weighted by atomic mass is 9.81. The maximum absolute atomic E-state index is 12.2. The molecule has 0 aliphatic heterocycles. The Balaban J connectivity index is -0.000000856. The number of rotatable bonds is 7. The van der Waals surface area contributed by atoms with Crippen molar-refractivity contribution in [2.45, 2.75) is 94.3 Å². The van der Waals surface area contributed by atoms with Gasteiger partial charge in [0.05, 0.1) is 11.7 Å². The topological polar surface area (TPSA) is 75.6 Å². The zero-order chi connectivity index (χ0) is 23.7. The van der Waals surface area contributed by atoms with Crippen molar-refractivity contribution >= 4 is 12.4 Å². The minimum absolute atomic E-state index is 0.0179. The summed E-state index contributed by atoms with van der Waals surface area (Å²) in [6.45, 7) is 23.0. The van der Waals surface area contributed by atoms with Crippen LogP contribution in [0.2, 0.25) is 0 Å². The third-order valence-electron chi connectivity index (χ3n) is 3.50. The Morgan fingerprint density at radius 2 is 1.48 bits per heavy atom. The average Bonchev–Trinajstić information content (AvgIpc) is 2.62. The molecule has 0 heterocycles. The van der Waals surface area contributed by atoms with Crippen molar-refractivity contribution in [2.24, 2.45) is 5.41 Å². The molecular weight excluding hydrogens is 366 g/mol. The van der Waals surface area contributed by atoms with Gasteiger partial charge in [-0.25, -0.2) is 0 Å². The second kappa shape index (κ2) is 17.0. The van der Waals surface area contributed by atoms with Gasteiger partial charge in [0.1, 0.15) is 0 Å². The quantitative estimate of drug-likeness (QED) is 0.532. The summed E-state index contributed by atoms with van der Waals surface area (Å²) < 4.78 is 5.97. The number of ether oxygens (including phenoxy) is 1. The van der Waals surface area contributed by atoms with Gasteiger partial charge >= 0.3 is 0 Å². The molecule has 170 valence electrons. The van der Waals surface area contributed by atoms with Crippen molar-refractivity contribution < 1.29 is 19.4 Å². The summed E-state index contributed by atoms with van der Waals surface area (Å²) in [5.74, 6) is -0.0179. The van der Waals surface area contributed by atoms with Crippen molar-refractivity contribution in [3.8, 4) is 0 Å². The van der Waals surface area contributed by atoms with Gasteiger partial charge in [-0.15, -0.1) is 0 Å². The molecule has 0 bridgehead atoms. The second-order valence-electron chi connectivity index (χ2n) is 7.92. The van der Waals surface area contributed by atoms with E-state index in [-0.39, 0.29) is 29.5 Å². The first-order valence-corrected chi connectivity index (χ1v) is 10.5. The zero-order valence-corrected chi connectivity index (χ0v) is 20.6. The summed E-state index contributed by atoms with van der Waals surface area (Å²) in [6.07, 6.45) is 1.08. The van der Waals surface area contributed by atoms with Crippen LogP contribution in [0.1, 0.15) is 91.6 Å². The molecule has 0 spiro atoms. The van der Waals surface area contributed by atoms with Crippen molar-refractivity contribution in [1.82, 2.24) is 5.32 Å². The molecule has 1 aromatic carbocycles. The van der Waals surface area contributed by atoms with E-state index < -0.39 is 0 Å². The van der Waals surface area contributed by atoms with E-state index in [1.54, 1.807) is 0 Å². The molecule has 0 atom stereocenters. The summed E-state index contributed by atoms with van der Waals surface area (Å²) in [6, 6.07) is 7.65. The number of amides is 1. The van der Waals surface area contributed by atoms with Crippen LogP contribution in [0.15, 0.2) is 24.3 Å². The van der Waals surface area contributed by atoms with E-state index in [0.29, 0.717) is 12.1 Å². The van der Waals surface area contributed by atoms with Crippen molar-refractivity contribution in [1.29, 1.82) is 0 Å². The number of carbonyl (C=O) groups is 2. The molecule has 29 heavy (non-hydrogen) atoms. The Kier molecular flexibility index (Phi) is 18.7. The molecule has 5 nitrogen and oxygen atoms in total. The van der Waals surface area contributed by atoms with Gasteiger partial charge in [-0.3, -0.25) is 9.59 Å². The van der Waals surface area contributed by atoms with E-state index in [1.165, 1.54) is 0 Å². The van der Waals surface area contributed by atoms with Crippen molar-refractivity contribution in [3.63, 3.8) is 0 Å². The number of aryl methyl sites for hydroxylation is 1. The number of nitrogens with one attached hydrogen (secondary N) is 1. The fourth-order valence-corrected chi connectivity index (χ4v) is 3.02. The molecule has 1 aromatic rings. The molecule has 0 fully saturated rings. The highest BCUT2D eigenvalue weighted by atomic mass is 16.5. The van der Waals surface area contributed by atoms with E-state index in [1.807, 2.05) is 72.7 Å². The summed E-state index contributed by atoms with van der Waals surface area (Å²) >= 11 is 0. The van der Waals surface area contributed by atoms with Crippen LogP contribution in [0.4, 0.5) is 0 Å². The third kappa shape index (κ3) is 17.9. The van der Waals surface area contributed by atoms with Crippen LogP contribution >= 0.6 is 0 Å². The summed E-state index contributed by atoms with van der Waals surface area (Å²) in [5, 5.41) is 9.93. The second-order valence-corrected chi connectivity index (χ2v) is 7.92. The van der Waals surface area contributed by atoms with Gasteiger partial charge in [0.2, 0.25) is 0 Å². The fourth-order valence-electron chi connectivity index (χ4n) is 3.02. The maximum Gasteiger partial charge on any atom is 0.290 e. The van der Waals surface area contributed by atoms with Gasteiger partial charge in [-0.2, -0.15) is 0 Å². The monoisotopic (exact) mass is 411 g/mol. The number of carbonyl (C=O) groups excluding carboxylic acids is 1. The largest absolute Gasteiger partial charge is 0.483 e. The minimum Gasteiger partial charge on any atom is -0.483 e. The van der Waals surface area contributed by atoms with Crippen molar-refractivity contribution in [2.75, 3.05) is 6.54 Å². The summed E-state index contributed by atoms with van der Waals surface area (Å²) in [7, 11) is 0. The van der Waals surface area contributed by atoms with Crippen LogP contribution in [0.25, 0.3) is 0 Å². The maximum atomic E-state index is 12.2. The lowest BCUT2D eigenvalue weighted by Crippen LogP contribution is -2.40. The van der Waals surface area contributed by atoms with E-state index in [2.05, 4.69) is 33.0 Å². The predicted octanol–water partition coefficient (Wildman–Crippen LogP) is 6.10. The number of hydrogen-bond acceptors (Lipinski definition) is 3. The normalized spacial score (nSPS) is 10.3. The summed E-state index contributed by atoms with van der Waals surface area (Å²) in [4.78, 5) is 20.6. The third-order valence-corrected chi connectivity index (χ3v) is 3.50. The Bertz CT molecular complexity index is 534. The molecule has 1 amide bonds. The fraction of sp³-hybridized carbons (Fsp3) is 0.667. The molecule has 0 saturated heterocycles. The van der Waals surface area contributed by atoms with Gasteiger partial charge in [0.15, 0.2) is 0 Å². The minimum atomic E-state index is -0.250. The lowest BCUT2D eigenvalue weighted by Gasteiger charge is -2.36. The molecule has 0 radical (unpaired) electrons. The van der Waals surface area contributed by atoms with E-state index in [4.69, 9.17) is 14.6 Å². The van der Waals surface area contributed by atoms with Crippen molar-refractivity contribution in [3.05, 3.63) is 35.4 Å². The van der Waals surface area contributed by atoms with Crippen LogP contribution in [-0.2, 0) is 9.53 Å². The van der Waals surface area contributed by atoms with Crippen LogP contribution in [-0.4, -0.2) is 35.7 Å². The van der Waals surface area contributed by atoms with Gasteiger partial charge in [-0.05, 0) is 58.6 Å². The number of benzene rings is 1. The molecule has 0 saturated carbocycles. The van der Waals surface area contributed by atoms with E-state index >= 15 is 0 Å². The van der Waals surface area contributed by atoms with Gasteiger partial charge in [0.25, 0.3) is 12.4 Å². The van der Waals surface area contributed by atoms with Crippen LogP contribution in [0.3, 0.4) is 0 Å². The molecule has 0 aromatic heterocycles. The first-order chi connectivity index (χ1) is 13.4. The molecule has 5 heteroatoms. The molecule has 0 aliphatic rings. The number of hydrogen-bond donors (Lipinski definition) is 2. The lowest BCUT2D eigenvalue weighted by molar-refractivity contribution is -0.122. The molecule has 0 aliphatic carbocycles. The highest BCUT2D eigenvalue weighted by molar-refractivity contribution is 5.94. The molecule has 2 N–H and O–H groups in total. The first-order valence-electron chi connectivity index (χ1n) is 10.5. The Hall–Kier alpha value is -1.88. The van der Waals surface area contributed by atoms with Crippen LogP contribution < -0.4 is 5.32 Å². The van der Waals surface area contributed by atoms with Crippen LogP contribution in [0, 0.1) is 12.3 Å². The molecule has 0 unspecified atom stereocenters. The average molecular weight is 412 g/mol. The predicted molar refractivity (Wildman–Crippen MR) is 124 cm³/mol. The van der Waals surface area contributed by atoms with Gasteiger partial charge in [0, 0.05) is 12.1 Å². The number of carboxylic acid groups (broad SMARTS) is 1. The SMILES string of the molecule is CC.CC.Cc1ccc(C(=O)NCC(C)(C)CC(C)(C)OC(C)C)cc1.O=CO. The highest BCUT2D eigenvalue weighted by Crippen LogP contribution is 2.30. The standard InChI is InChI=1S/C19H31NO2.2C2H6.CH2O2/c1-14(2)22-19(6,7)12-18(4,5)13-20-17(21)16-10-8-15(3)9-11-16;2*1-2;2-1-3/h8-11,14H,12-13H2,1-7H3,(H,20,21);2*1-2H3;1H,(H,2,3). The van der Waals surface area contributed by atoms with E-state index in [0.717, 1.165) is 12.0 Å².